The monoisotopic (exact) mass is 1840 g/mol. The van der Waals surface area contributed by atoms with Crippen LogP contribution in [0.15, 0.2) is 139 Å². The highest BCUT2D eigenvalue weighted by Crippen LogP contribution is 2.27. The van der Waals surface area contributed by atoms with Crippen molar-refractivity contribution < 1.29 is 107 Å². The summed E-state index contributed by atoms with van der Waals surface area (Å²) < 4.78 is 0. The molecular formula is C83H106N22O23S2. The van der Waals surface area contributed by atoms with Crippen molar-refractivity contribution in [3.63, 3.8) is 0 Å². The van der Waals surface area contributed by atoms with Crippen LogP contribution in [-0.2, 0) is 97.6 Å². The molecule has 2 heterocycles. The number of carbonyl (C=O) groups excluding carboxylic acids is 15. The van der Waals surface area contributed by atoms with Gasteiger partial charge in [-0.1, -0.05) is 118 Å². The summed E-state index contributed by atoms with van der Waals surface area (Å²) in [5, 5.41) is 104. The van der Waals surface area contributed by atoms with E-state index in [2.05, 4.69) is 89.4 Å². The molecule has 2 unspecified atom stereocenters. The molecule has 0 spiro atoms. The van der Waals surface area contributed by atoms with Crippen LogP contribution in [0.1, 0.15) is 98.3 Å². The smallest absolute Gasteiger partial charge is 0.327 e. The van der Waals surface area contributed by atoms with E-state index in [1.54, 1.807) is 84.9 Å². The number of aromatic hydroxyl groups is 1. The number of aliphatic carboxylic acids is 1. The number of benzene rings is 5. The van der Waals surface area contributed by atoms with Gasteiger partial charge in [-0.05, 0) is 124 Å². The third-order valence-corrected chi connectivity index (χ3v) is 22.6. The van der Waals surface area contributed by atoms with Crippen LogP contribution in [0.3, 0.4) is 0 Å². The Labute approximate surface area is 751 Å². The second kappa shape index (κ2) is 51.8. The minimum Gasteiger partial charge on any atom is -0.508 e. The van der Waals surface area contributed by atoms with Gasteiger partial charge in [0.2, 0.25) is 82.7 Å². The van der Waals surface area contributed by atoms with Gasteiger partial charge in [0.1, 0.15) is 83.8 Å². The van der Waals surface area contributed by atoms with E-state index in [9.17, 15) is 93.2 Å². The fourth-order valence-corrected chi connectivity index (χ4v) is 15.5. The fourth-order valence-electron chi connectivity index (χ4n) is 13.2. The Kier molecular flexibility index (Phi) is 41.2. The minimum absolute atomic E-state index is 0.0704. The van der Waals surface area contributed by atoms with Gasteiger partial charge in [-0.3, -0.25) is 82.0 Å². The Morgan fingerprint density at radius 2 is 1.02 bits per heavy atom. The second-order valence-corrected chi connectivity index (χ2v) is 32.9. The molecule has 1 saturated heterocycles. The molecule has 26 N–H and O–H groups in total. The zero-order chi connectivity index (χ0) is 95.3. The van der Waals surface area contributed by atoms with E-state index < -0.39 is 252 Å². The summed E-state index contributed by atoms with van der Waals surface area (Å²) in [5.74, 6) is -20.3. The van der Waals surface area contributed by atoms with Crippen LogP contribution in [-0.4, -0.2) is 259 Å². The van der Waals surface area contributed by atoms with E-state index in [1.165, 1.54) is 37.4 Å². The summed E-state index contributed by atoms with van der Waals surface area (Å²) in [7, 11) is 1.42. The molecule has 45 nitrogen and oxygen atoms in total. The number of nitrogens with one attached hydrogen (secondary N) is 15. The summed E-state index contributed by atoms with van der Waals surface area (Å²) in [6, 6.07) is 7.56. The number of carbonyl (C=O) groups is 16. The van der Waals surface area contributed by atoms with Gasteiger partial charge in [0, 0.05) is 77.5 Å². The summed E-state index contributed by atoms with van der Waals surface area (Å²) in [4.78, 5) is 247. The van der Waals surface area contributed by atoms with Crippen LogP contribution >= 0.6 is 21.6 Å². The molecule has 0 saturated carbocycles. The van der Waals surface area contributed by atoms with Crippen molar-refractivity contribution in [3.05, 3.63) is 182 Å². The van der Waals surface area contributed by atoms with E-state index in [0.717, 1.165) is 42.8 Å². The van der Waals surface area contributed by atoms with Crippen molar-refractivity contribution in [2.75, 3.05) is 37.7 Å². The number of phenolic OH excluding ortho intramolecular Hbond substituents is 1. The number of carboxylic acid groups (broad SMARTS) is 1. The maximum Gasteiger partial charge on any atom is 0.327 e. The number of para-hydroxylation sites is 1. The van der Waals surface area contributed by atoms with Gasteiger partial charge in [0.25, 0.3) is 11.6 Å². The first-order valence-corrected chi connectivity index (χ1v) is 43.6. The molecule has 15 atom stereocenters. The van der Waals surface area contributed by atoms with E-state index >= 15 is 19.2 Å². The lowest BCUT2D eigenvalue weighted by Gasteiger charge is -2.29. The van der Waals surface area contributed by atoms with E-state index in [0.29, 0.717) is 38.4 Å². The molecule has 6 aromatic rings. The van der Waals surface area contributed by atoms with E-state index in [4.69, 9.17) is 22.7 Å². The first kappa shape index (κ1) is 103. The van der Waals surface area contributed by atoms with Gasteiger partial charge in [0.15, 0.2) is 0 Å². The number of nitrogens with two attached hydrogens (primary N) is 3. The van der Waals surface area contributed by atoms with E-state index in [-0.39, 0.29) is 75.0 Å². The van der Waals surface area contributed by atoms with Crippen molar-refractivity contribution in [2.24, 2.45) is 22.3 Å². The number of primary amides is 1. The highest BCUT2D eigenvalue weighted by atomic mass is 33.1. The topological polar surface area (TPSA) is 728 Å². The number of aromatic amines is 1. The number of carboxylic acids is 1. The third-order valence-electron chi connectivity index (χ3n) is 20.2. The van der Waals surface area contributed by atoms with Crippen LogP contribution in [0.2, 0.25) is 0 Å². The number of phenols is 1. The number of rotatable bonds is 30. The number of aliphatic hydroxyl groups is 3. The zero-order valence-corrected chi connectivity index (χ0v) is 72.4. The Hall–Kier alpha value is -13.8. The number of hydrogen-bond acceptors (Lipinski definition) is 27. The predicted octanol–water partition coefficient (Wildman–Crippen LogP) is -2.89. The molecule has 1 aliphatic rings. The number of aliphatic hydroxyl groups excluding tert-OH is 3. The van der Waals surface area contributed by atoms with Crippen LogP contribution in [0.25, 0.3) is 21.3 Å². The number of fused-ring (bicyclic) bond motifs is 1. The molecule has 0 aliphatic carbocycles. The van der Waals surface area contributed by atoms with Gasteiger partial charge < -0.3 is 122 Å². The molecule has 0 radical (unpaired) electrons. The predicted molar refractivity (Wildman–Crippen MR) is 472 cm³/mol. The number of nitro groups is 1. The first-order valence-electron chi connectivity index (χ1n) is 41.1. The number of azide groups is 1. The van der Waals surface area contributed by atoms with Gasteiger partial charge in [-0.15, -0.1) is 0 Å². The molecule has 47 heteroatoms. The van der Waals surface area contributed by atoms with Crippen molar-refractivity contribution in [1.82, 2.24) is 79.4 Å². The molecule has 5 aromatic carbocycles. The number of hydrogen-bond donors (Lipinski definition) is 23. The zero-order valence-electron chi connectivity index (χ0n) is 70.8. The second-order valence-electron chi connectivity index (χ2n) is 30.4. The standard InChI is InChI=1S/C83H106N22O23S2/c1-43(85)70(112)90-39-67(111)91-63-41-129-130-42-64(83(125)126)100-79(121)62(40-106)99-82(124)69(45(3)108)102-78(120)59(34-48-24-27-51(109)28-25-48)98-81(123)68(44(2)107)101-73(115)56(23-13-15-31-88-71(113)53-36-50(103-104-87)26-29-65(53)105(127)128)92-76(118)60(35-49-38-89-54-21-11-10-20-52(49)54)96-75(117)58(33-47-18-8-5-9-19-47)94-74(116)57(32-46-16-6-4-7-17-46)95-77(119)61(37-66(86)110)97-72(114)55(93-80(63)122)22-12-14-30-84/h4-11,16-21,24-29,36,38,43-45,55-64,68-69,89,106-109H,12-15,22-23,30-35,37,39-42,84-85H2,1-3H3,(H2,86,110)(H,88,113)(H,90,112)(H,91,111)(H,92,118)(H,93,122)(H,94,116)(H,95,119)(H,96,117)(H,97,114)(H,98,123)(H,99,124)(H,100,121)(H,101,115)(H,102,120)(H,125,126)/t43-,44+,45+,55-,56-,57-,58-,59-,60-,61-,62-,63+,64-,68?,69?/m0/s1. The molecule has 15 amide bonds. The van der Waals surface area contributed by atoms with Crippen LogP contribution in [0.5, 0.6) is 5.75 Å². The molecule has 0 bridgehead atoms. The first-order chi connectivity index (χ1) is 62.0. The average molecular weight is 1840 g/mol. The molecule has 698 valence electrons. The number of unbranched alkanes of at least 4 members (excludes halogenated alkanes) is 2. The lowest BCUT2D eigenvalue weighted by Crippen LogP contribution is -2.63. The molecule has 1 fully saturated rings. The maximum atomic E-state index is 15.6. The normalized spacial score (nSPS) is 22.2. The Morgan fingerprint density at radius 3 is 1.55 bits per heavy atom. The van der Waals surface area contributed by atoms with Gasteiger partial charge >= 0.3 is 5.97 Å². The lowest BCUT2D eigenvalue weighted by molar-refractivity contribution is -0.385. The largest absolute Gasteiger partial charge is 0.508 e. The van der Waals surface area contributed by atoms with Crippen molar-refractivity contribution in [1.29, 1.82) is 0 Å². The Balaban J connectivity index is 1.35. The van der Waals surface area contributed by atoms with Crippen LogP contribution < -0.4 is 91.6 Å². The van der Waals surface area contributed by atoms with Gasteiger partial charge in [0.05, 0.1) is 42.7 Å². The molecule has 7 rings (SSSR count). The molecular weight excluding hydrogens is 1740 g/mol. The van der Waals surface area contributed by atoms with Crippen molar-refractivity contribution in [2.45, 2.75) is 182 Å². The van der Waals surface area contributed by atoms with Gasteiger partial charge in [-0.2, -0.15) is 0 Å². The van der Waals surface area contributed by atoms with Crippen molar-refractivity contribution >= 4 is 138 Å². The average Bonchev–Trinajstić information content (AvgIpc) is 1.72. The molecule has 1 aromatic heterocycles. The minimum atomic E-state index is -2.11. The summed E-state index contributed by atoms with van der Waals surface area (Å²) >= 11 is 0. The quantitative estimate of drug-likeness (QED) is 0.00409. The van der Waals surface area contributed by atoms with Gasteiger partial charge in [-0.25, -0.2) is 4.79 Å². The highest BCUT2D eigenvalue weighted by Gasteiger charge is 2.40. The Morgan fingerprint density at radius 1 is 0.562 bits per heavy atom. The summed E-state index contributed by atoms with van der Waals surface area (Å²) in [6.45, 7) is 1.16. The number of amides is 15. The SMILES string of the molecule is C[C@H](N)C(=O)NCC(=O)N[C@@H]1CSSC[C@@H](C(=O)O)NC(=O)[C@H](CO)NC(=O)C([C@@H](C)O)NC(=O)[C@H](Cc2ccc(O)cc2)NC(=O)C([C@@H](C)O)NC(=O)[C@H](CCCCNC(=O)c2cc(N=[N+]=[N-])ccc2[N+](=O)[O-])NC(=O)[C@H](Cc2c[nH]c3ccccc23)NC(=O)[C@H](Cc2ccccc2)NC(=O)[C@H](Cc2ccccc2)NC(=O)[C@H](CC(N)=O)NC(=O)[C@H](CCCCN)NC1=O. The summed E-state index contributed by atoms with van der Waals surface area (Å²) in [5.41, 5.74) is 27.0. The number of nitro benzene ring substituents is 1. The lowest BCUT2D eigenvalue weighted by atomic mass is 10.00. The maximum absolute atomic E-state index is 15.6. The number of H-pyrrole nitrogens is 1. The highest BCUT2D eigenvalue weighted by molar-refractivity contribution is 8.76. The van der Waals surface area contributed by atoms with Crippen LogP contribution in [0.4, 0.5) is 11.4 Å². The Bertz CT molecular complexity index is 5050. The summed E-state index contributed by atoms with van der Waals surface area (Å²) in [6.07, 6.45) is -5.46. The number of nitrogens with zero attached hydrogens (tertiary/aromatic N) is 4. The molecule has 130 heavy (non-hydrogen) atoms. The number of aromatic nitrogens is 1. The van der Waals surface area contributed by atoms with Crippen LogP contribution in [0, 0.1) is 10.1 Å². The molecule has 1 aliphatic heterocycles. The van der Waals surface area contributed by atoms with E-state index in [1.807, 2.05) is 0 Å². The third kappa shape index (κ3) is 32.8. The van der Waals surface area contributed by atoms with Crippen molar-refractivity contribution in [3.8, 4) is 5.75 Å². The fraction of sp³-hybridized carbons (Fsp3) is 0.422.